The third-order valence-corrected chi connectivity index (χ3v) is 8.62. The molecule has 1 unspecified atom stereocenters. The summed E-state index contributed by atoms with van der Waals surface area (Å²) >= 11 is 0. The molecule has 0 fully saturated rings. The first kappa shape index (κ1) is 40.2. The van der Waals surface area contributed by atoms with Crippen LogP contribution in [0.4, 0.5) is 0 Å². The molecule has 0 saturated heterocycles. The van der Waals surface area contributed by atoms with Gasteiger partial charge >= 0.3 is 0 Å². The molecule has 1 atom stereocenters. The maximum absolute atomic E-state index is 12.8. The van der Waals surface area contributed by atoms with Crippen molar-refractivity contribution < 1.29 is 51.1 Å². The lowest BCUT2D eigenvalue weighted by Crippen LogP contribution is -3.00. The molecule has 0 radical (unpaired) electrons. The smallest absolute Gasteiger partial charge is 0.237 e. The number of rotatable bonds is 26. The molecule has 9 heteroatoms. The van der Waals surface area contributed by atoms with E-state index in [0.29, 0.717) is 30.7 Å². The highest BCUT2D eigenvalue weighted by Crippen LogP contribution is 2.14. The van der Waals surface area contributed by atoms with E-state index in [0.717, 1.165) is 23.7 Å². The number of carbonyl (C=O) groups excluding carboxylic acids is 1. The molecule has 0 aliphatic rings. The summed E-state index contributed by atoms with van der Waals surface area (Å²) in [6, 6.07) is 0. The van der Waals surface area contributed by atoms with Gasteiger partial charge in [0.05, 0.1) is 46.7 Å². The summed E-state index contributed by atoms with van der Waals surface area (Å²) in [5.41, 5.74) is 0. The van der Waals surface area contributed by atoms with Crippen LogP contribution in [-0.4, -0.2) is 90.0 Å². The number of hydrogen-bond acceptors (Lipinski definition) is 5. The number of hydrogen-bond donors (Lipinski definition) is 0. The average Bonchev–Trinajstić information content (AvgIpc) is 2.80. The van der Waals surface area contributed by atoms with Crippen molar-refractivity contribution in [3.8, 4) is 0 Å². The Morgan fingerprint density at radius 2 is 1.26 bits per heavy atom. The van der Waals surface area contributed by atoms with Gasteiger partial charge in [-0.1, -0.05) is 90.4 Å². The molecule has 7 nitrogen and oxygen atoms in total. The quantitative estimate of drug-likeness (QED) is 0.0801. The van der Waals surface area contributed by atoms with Gasteiger partial charge in [-0.2, -0.15) is 0 Å². The Bertz CT molecular complexity index is 656. The topological polar surface area (TPSA) is 72.9 Å². The monoisotopic (exact) mass is 676 g/mol. The van der Waals surface area contributed by atoms with E-state index in [-0.39, 0.29) is 42.2 Å². The minimum atomic E-state index is -3.66. The van der Waals surface area contributed by atoms with Gasteiger partial charge in [0.25, 0.3) is 0 Å². The molecule has 1 amide bonds. The molecule has 230 valence electrons. The molecule has 0 aromatic rings. The van der Waals surface area contributed by atoms with Crippen molar-refractivity contribution in [2.75, 3.05) is 66.9 Å². The van der Waals surface area contributed by atoms with Crippen molar-refractivity contribution in [1.29, 1.82) is 0 Å². The molecule has 0 aromatic heterocycles. The van der Waals surface area contributed by atoms with E-state index in [2.05, 4.69) is 6.92 Å². The summed E-state index contributed by atoms with van der Waals surface area (Å²) in [5, 5.41) is 0. The second kappa shape index (κ2) is 24.8. The van der Waals surface area contributed by atoms with Crippen molar-refractivity contribution in [3.63, 3.8) is 0 Å². The number of carbonyl (C=O) groups is 1. The number of unbranched alkanes of at least 4 members (excludes halogenated alkanes) is 13. The highest BCUT2D eigenvalue weighted by Gasteiger charge is 2.28. The average molecular weight is 677 g/mol. The Morgan fingerprint density at radius 3 is 1.68 bits per heavy atom. The van der Waals surface area contributed by atoms with Gasteiger partial charge in [-0.25, -0.2) is 12.7 Å². The molecule has 0 heterocycles. The number of methoxy groups -OCH3 is 1. The Balaban J connectivity index is 0. The number of halogens is 1. The van der Waals surface area contributed by atoms with E-state index in [1.807, 2.05) is 21.1 Å². The number of amides is 1. The largest absolute Gasteiger partial charge is 1.00 e. The van der Waals surface area contributed by atoms with Crippen molar-refractivity contribution in [2.24, 2.45) is 5.92 Å². The molecule has 0 N–H and O–H groups in total. The van der Waals surface area contributed by atoms with Gasteiger partial charge < -0.3 is 37.9 Å². The summed E-state index contributed by atoms with van der Waals surface area (Å²) < 4.78 is 38.5. The molecule has 0 aromatic carbocycles. The van der Waals surface area contributed by atoms with E-state index in [1.165, 1.54) is 84.0 Å². The number of ether oxygens (including phenoxy) is 2. The van der Waals surface area contributed by atoms with Crippen molar-refractivity contribution in [3.05, 3.63) is 0 Å². The Hall–Kier alpha value is 0.0300. The second-order valence-corrected chi connectivity index (χ2v) is 13.7. The lowest BCUT2D eigenvalue weighted by atomic mass is 10.0. The lowest BCUT2D eigenvalue weighted by molar-refractivity contribution is -0.870. The van der Waals surface area contributed by atoms with Crippen molar-refractivity contribution in [2.45, 2.75) is 110 Å². The molecule has 38 heavy (non-hydrogen) atoms. The molecular formula is C29H61IN2O5S. The number of nitrogens with zero attached hydrogens (tertiary/aromatic N) is 2. The van der Waals surface area contributed by atoms with Crippen LogP contribution < -0.4 is 24.0 Å². The Labute approximate surface area is 253 Å². The molecular weight excluding hydrogens is 615 g/mol. The highest BCUT2D eigenvalue weighted by atomic mass is 127. The fraction of sp³-hybridized carbons (Fsp3) is 0.966. The summed E-state index contributed by atoms with van der Waals surface area (Å²) in [5.74, 6) is -0.645. The van der Waals surface area contributed by atoms with Crippen LogP contribution in [-0.2, 0) is 24.3 Å². The van der Waals surface area contributed by atoms with Crippen LogP contribution in [0.15, 0.2) is 0 Å². The Morgan fingerprint density at radius 1 is 0.789 bits per heavy atom. The SMILES string of the molecule is CCCCCCCCCCCCCCCCOCC(COC)CN(C(C)=O)S(=O)(=O)CCC[N+](C)(C)C.[I-]. The predicted octanol–water partition coefficient (Wildman–Crippen LogP) is 3.03. The van der Waals surface area contributed by atoms with Gasteiger partial charge in [0.2, 0.25) is 15.9 Å². The third-order valence-electron chi connectivity index (χ3n) is 6.74. The maximum Gasteiger partial charge on any atom is 0.237 e. The zero-order valence-electron chi connectivity index (χ0n) is 25.6. The van der Waals surface area contributed by atoms with Gasteiger partial charge in [0, 0.05) is 39.5 Å². The minimum Gasteiger partial charge on any atom is -1.00 e. The van der Waals surface area contributed by atoms with Crippen LogP contribution in [0.5, 0.6) is 0 Å². The molecule has 0 spiro atoms. The summed E-state index contributed by atoms with van der Waals surface area (Å²) in [4.78, 5) is 12.2. The maximum atomic E-state index is 12.8. The van der Waals surface area contributed by atoms with E-state index in [1.54, 1.807) is 7.11 Å². The zero-order chi connectivity index (χ0) is 28.0. The van der Waals surface area contributed by atoms with E-state index in [4.69, 9.17) is 9.47 Å². The first-order chi connectivity index (χ1) is 17.5. The van der Waals surface area contributed by atoms with E-state index in [9.17, 15) is 13.2 Å². The fourth-order valence-corrected chi connectivity index (χ4v) is 6.09. The van der Waals surface area contributed by atoms with Gasteiger partial charge in [0.1, 0.15) is 0 Å². The third kappa shape index (κ3) is 23.9. The first-order valence-electron chi connectivity index (χ1n) is 14.9. The summed E-state index contributed by atoms with van der Waals surface area (Å²) in [6.45, 7) is 5.83. The van der Waals surface area contributed by atoms with Crippen LogP contribution >= 0.6 is 0 Å². The lowest BCUT2D eigenvalue weighted by Gasteiger charge is -2.27. The predicted molar refractivity (Wildman–Crippen MR) is 155 cm³/mol. The molecule has 0 saturated carbocycles. The second-order valence-electron chi connectivity index (χ2n) is 11.7. The molecule has 0 rings (SSSR count). The number of sulfonamides is 1. The van der Waals surface area contributed by atoms with Gasteiger partial charge in [-0.05, 0) is 6.42 Å². The number of quaternary nitrogens is 1. The van der Waals surface area contributed by atoms with Gasteiger partial charge in [-0.3, -0.25) is 4.79 Å². The van der Waals surface area contributed by atoms with Crippen molar-refractivity contribution >= 4 is 15.9 Å². The van der Waals surface area contributed by atoms with E-state index >= 15 is 0 Å². The molecule has 0 aliphatic carbocycles. The highest BCUT2D eigenvalue weighted by molar-refractivity contribution is 7.89. The summed E-state index contributed by atoms with van der Waals surface area (Å²) in [7, 11) is 4.02. The van der Waals surface area contributed by atoms with Crippen LogP contribution in [0, 0.1) is 5.92 Å². The van der Waals surface area contributed by atoms with Crippen LogP contribution in [0.2, 0.25) is 0 Å². The normalized spacial score (nSPS) is 12.8. The molecule has 0 aliphatic heterocycles. The van der Waals surface area contributed by atoms with Gasteiger partial charge in [0.15, 0.2) is 0 Å². The fourth-order valence-electron chi connectivity index (χ4n) is 4.54. The minimum absolute atomic E-state index is 0. The van der Waals surface area contributed by atoms with E-state index < -0.39 is 15.9 Å². The van der Waals surface area contributed by atoms with Gasteiger partial charge in [-0.15, -0.1) is 0 Å². The zero-order valence-corrected chi connectivity index (χ0v) is 28.6. The molecule has 0 bridgehead atoms. The first-order valence-corrected chi connectivity index (χ1v) is 16.5. The van der Waals surface area contributed by atoms with Crippen LogP contribution in [0.3, 0.4) is 0 Å². The standard InChI is InChI=1S/C29H61N2O5S.HI/c1-7-8-9-10-11-12-13-14-15-16-17-18-19-20-23-36-27-29(26-35-6)25-30(28(2)32)37(33,34)24-21-22-31(3,4)5;/h29H,7-27H2,1-6H3;1H/q+1;/p-1. The van der Waals surface area contributed by atoms with Crippen molar-refractivity contribution in [1.82, 2.24) is 4.31 Å². The van der Waals surface area contributed by atoms with Crippen LogP contribution in [0.25, 0.3) is 0 Å². The van der Waals surface area contributed by atoms with Crippen LogP contribution in [0.1, 0.15) is 110 Å². The summed E-state index contributed by atoms with van der Waals surface area (Å²) in [6.07, 6.45) is 19.0. The Kier molecular flexibility index (Phi) is 26.2.